The Morgan fingerprint density at radius 2 is 2.19 bits per heavy atom. The number of piperidine rings is 1. The summed E-state index contributed by atoms with van der Waals surface area (Å²) in [4.78, 5) is 11.8. The van der Waals surface area contributed by atoms with Crippen LogP contribution in [0.5, 0.6) is 0 Å². The molecule has 4 rings (SSSR count). The van der Waals surface area contributed by atoms with Crippen LogP contribution < -0.4 is 5.32 Å². The van der Waals surface area contributed by atoms with Gasteiger partial charge in [0.25, 0.3) is 0 Å². The zero-order valence-electron chi connectivity index (χ0n) is 12.3. The van der Waals surface area contributed by atoms with E-state index in [4.69, 9.17) is 4.99 Å². The third-order valence-electron chi connectivity index (χ3n) is 5.10. The highest BCUT2D eigenvalue weighted by Gasteiger charge is 2.47. The van der Waals surface area contributed by atoms with Crippen molar-refractivity contribution >= 4 is 11.9 Å². The van der Waals surface area contributed by atoms with Gasteiger partial charge in [-0.2, -0.15) is 0 Å². The number of dihydropyridines is 1. The number of allylic oxidation sites excluding steroid dienone is 3. The van der Waals surface area contributed by atoms with Crippen molar-refractivity contribution in [3.05, 3.63) is 36.1 Å². The van der Waals surface area contributed by atoms with E-state index >= 15 is 0 Å². The van der Waals surface area contributed by atoms with Crippen molar-refractivity contribution < 1.29 is 0 Å². The van der Waals surface area contributed by atoms with Crippen LogP contribution in [-0.2, 0) is 0 Å². The molecule has 0 bridgehead atoms. The van der Waals surface area contributed by atoms with Crippen LogP contribution in [0.2, 0.25) is 0 Å². The summed E-state index contributed by atoms with van der Waals surface area (Å²) in [5.74, 6) is 0.856. The third kappa shape index (κ3) is 2.14. The fourth-order valence-electron chi connectivity index (χ4n) is 3.87. The van der Waals surface area contributed by atoms with Crippen molar-refractivity contribution in [1.82, 2.24) is 10.2 Å². The molecule has 110 valence electrons. The van der Waals surface area contributed by atoms with E-state index in [0.717, 1.165) is 30.5 Å². The van der Waals surface area contributed by atoms with Crippen LogP contribution in [-0.4, -0.2) is 48.7 Å². The lowest BCUT2D eigenvalue weighted by molar-refractivity contribution is 0.209. The van der Waals surface area contributed by atoms with Crippen molar-refractivity contribution in [3.8, 4) is 0 Å². The SMILES string of the molecule is C1=CC2=NCN(CCC3CCNCC3)C23C=CC=NC3=C1. The van der Waals surface area contributed by atoms with E-state index in [0.29, 0.717) is 0 Å². The third-order valence-corrected chi connectivity index (χ3v) is 5.10. The molecule has 1 N–H and O–H groups in total. The second kappa shape index (κ2) is 5.35. The van der Waals surface area contributed by atoms with Crippen molar-refractivity contribution in [2.45, 2.75) is 24.8 Å². The van der Waals surface area contributed by atoms with E-state index in [1.165, 1.54) is 32.4 Å². The minimum absolute atomic E-state index is 0.184. The van der Waals surface area contributed by atoms with Crippen LogP contribution in [0.15, 0.2) is 46.1 Å². The van der Waals surface area contributed by atoms with Gasteiger partial charge in [0.15, 0.2) is 0 Å². The smallest absolute Gasteiger partial charge is 0.126 e. The standard InChI is InChI=1S/C17H22N4/c1-3-15-17(8-2-9-19-15)16(4-1)20-13-21(17)12-7-14-5-10-18-11-6-14/h1-4,8-9,14,18H,5-7,10-13H2. The molecule has 0 aromatic carbocycles. The maximum absolute atomic E-state index is 4.76. The maximum Gasteiger partial charge on any atom is 0.126 e. The Morgan fingerprint density at radius 1 is 1.29 bits per heavy atom. The summed E-state index contributed by atoms with van der Waals surface area (Å²) >= 11 is 0. The number of nitrogens with one attached hydrogen (secondary N) is 1. The average molecular weight is 282 g/mol. The Labute approximate surface area is 126 Å². The van der Waals surface area contributed by atoms with Gasteiger partial charge in [0.2, 0.25) is 0 Å². The molecule has 21 heavy (non-hydrogen) atoms. The molecule has 4 nitrogen and oxygen atoms in total. The van der Waals surface area contributed by atoms with Crippen LogP contribution >= 0.6 is 0 Å². The molecule has 1 atom stereocenters. The van der Waals surface area contributed by atoms with E-state index in [9.17, 15) is 0 Å². The van der Waals surface area contributed by atoms with Crippen molar-refractivity contribution in [1.29, 1.82) is 0 Å². The first-order valence-electron chi connectivity index (χ1n) is 8.01. The first kappa shape index (κ1) is 13.2. The normalized spacial score (nSPS) is 31.8. The molecule has 0 amide bonds. The summed E-state index contributed by atoms with van der Waals surface area (Å²) in [5, 5.41) is 3.45. The van der Waals surface area contributed by atoms with Crippen LogP contribution in [0.25, 0.3) is 0 Å². The van der Waals surface area contributed by atoms with Gasteiger partial charge < -0.3 is 5.32 Å². The van der Waals surface area contributed by atoms with Crippen LogP contribution in [0.3, 0.4) is 0 Å². The fraction of sp³-hybridized carbons (Fsp3) is 0.529. The highest BCUT2D eigenvalue weighted by molar-refractivity contribution is 6.10. The number of aliphatic imine (C=N–C) groups is 2. The molecule has 4 aliphatic rings. The van der Waals surface area contributed by atoms with Gasteiger partial charge in [0.05, 0.1) is 18.1 Å². The lowest BCUT2D eigenvalue weighted by atomic mass is 9.83. The van der Waals surface area contributed by atoms with E-state index in [1.807, 2.05) is 6.21 Å². The highest BCUT2D eigenvalue weighted by atomic mass is 15.3. The fourth-order valence-corrected chi connectivity index (χ4v) is 3.87. The van der Waals surface area contributed by atoms with E-state index in [1.54, 1.807) is 0 Å². The number of rotatable bonds is 3. The molecule has 4 heteroatoms. The summed E-state index contributed by atoms with van der Waals surface area (Å²) in [6, 6.07) is 0. The molecule has 0 saturated carbocycles. The van der Waals surface area contributed by atoms with Crippen molar-refractivity contribution in [3.63, 3.8) is 0 Å². The largest absolute Gasteiger partial charge is 0.317 e. The molecule has 1 unspecified atom stereocenters. The predicted molar refractivity (Wildman–Crippen MR) is 86.8 cm³/mol. The average Bonchev–Trinajstić information content (AvgIpc) is 2.91. The molecule has 1 spiro atoms. The van der Waals surface area contributed by atoms with Gasteiger partial charge >= 0.3 is 0 Å². The molecule has 1 fully saturated rings. The lowest BCUT2D eigenvalue weighted by Gasteiger charge is -2.39. The van der Waals surface area contributed by atoms with E-state index in [-0.39, 0.29) is 5.54 Å². The van der Waals surface area contributed by atoms with E-state index < -0.39 is 0 Å². The first-order valence-corrected chi connectivity index (χ1v) is 8.01. The van der Waals surface area contributed by atoms with Crippen LogP contribution in [0.1, 0.15) is 19.3 Å². The molecule has 0 aromatic heterocycles. The summed E-state index contributed by atoms with van der Waals surface area (Å²) in [6.07, 6.45) is 16.4. The lowest BCUT2D eigenvalue weighted by Crippen LogP contribution is -2.51. The Kier molecular flexibility index (Phi) is 3.36. The number of hydrogen-bond donors (Lipinski definition) is 1. The molecular weight excluding hydrogens is 260 g/mol. The summed E-state index contributed by atoms with van der Waals surface area (Å²) < 4.78 is 0. The molecule has 1 saturated heterocycles. The van der Waals surface area contributed by atoms with Gasteiger partial charge in [0, 0.05) is 12.8 Å². The van der Waals surface area contributed by atoms with Gasteiger partial charge in [0.1, 0.15) is 5.54 Å². The number of hydrogen-bond acceptors (Lipinski definition) is 4. The Hall–Kier alpha value is -1.52. The zero-order valence-corrected chi connectivity index (χ0v) is 12.3. The van der Waals surface area contributed by atoms with Gasteiger partial charge in [-0.05, 0) is 56.5 Å². The van der Waals surface area contributed by atoms with E-state index in [2.05, 4.69) is 45.6 Å². The summed E-state index contributed by atoms with van der Waals surface area (Å²) in [6.45, 7) is 4.25. The Morgan fingerprint density at radius 3 is 3.10 bits per heavy atom. The molecule has 0 aromatic rings. The minimum atomic E-state index is -0.184. The first-order chi connectivity index (χ1) is 10.4. The quantitative estimate of drug-likeness (QED) is 0.859. The van der Waals surface area contributed by atoms with Crippen molar-refractivity contribution in [2.24, 2.45) is 15.9 Å². The zero-order chi connectivity index (χ0) is 14.1. The van der Waals surface area contributed by atoms with Gasteiger partial charge in [-0.25, -0.2) is 0 Å². The van der Waals surface area contributed by atoms with Crippen LogP contribution in [0, 0.1) is 5.92 Å². The Bertz CT molecular complexity index is 563. The van der Waals surface area contributed by atoms with Gasteiger partial charge in [-0.3, -0.25) is 14.9 Å². The van der Waals surface area contributed by atoms with Gasteiger partial charge in [-0.1, -0.05) is 12.2 Å². The highest BCUT2D eigenvalue weighted by Crippen LogP contribution is 2.38. The monoisotopic (exact) mass is 282 g/mol. The van der Waals surface area contributed by atoms with Gasteiger partial charge in [-0.15, -0.1) is 0 Å². The molecule has 3 aliphatic heterocycles. The van der Waals surface area contributed by atoms with Crippen LogP contribution in [0.4, 0.5) is 0 Å². The number of nitrogens with zero attached hydrogens (tertiary/aromatic N) is 3. The maximum atomic E-state index is 4.76. The summed E-state index contributed by atoms with van der Waals surface area (Å²) in [5.41, 5.74) is 2.09. The molecule has 3 heterocycles. The Balaban J connectivity index is 1.52. The molecule has 1 aliphatic carbocycles. The molecule has 0 radical (unpaired) electrons. The van der Waals surface area contributed by atoms with Crippen molar-refractivity contribution in [2.75, 3.05) is 26.3 Å². The summed E-state index contributed by atoms with van der Waals surface area (Å²) in [7, 11) is 0. The topological polar surface area (TPSA) is 40.0 Å². The molecular formula is C17H22N4. The minimum Gasteiger partial charge on any atom is -0.317 e. The second-order valence-corrected chi connectivity index (χ2v) is 6.24. The second-order valence-electron chi connectivity index (χ2n) is 6.24. The predicted octanol–water partition coefficient (Wildman–Crippen LogP) is 1.92.